The van der Waals surface area contributed by atoms with Crippen molar-refractivity contribution in [3.63, 3.8) is 0 Å². The van der Waals surface area contributed by atoms with Crippen molar-refractivity contribution in [3.05, 3.63) is 39.9 Å². The summed E-state index contributed by atoms with van der Waals surface area (Å²) in [6, 6.07) is 5.68. The van der Waals surface area contributed by atoms with Gasteiger partial charge in [-0.1, -0.05) is 0 Å². The molecule has 0 bridgehead atoms. The Morgan fingerprint density at radius 1 is 1.47 bits per heavy atom. The van der Waals surface area contributed by atoms with Crippen LogP contribution in [0.25, 0.3) is 0 Å². The molecule has 0 heterocycles. The number of rotatable bonds is 4. The number of ketones is 1. The molecule has 0 amide bonds. The quantitative estimate of drug-likeness (QED) is 0.338. The third-order valence-corrected chi connectivity index (χ3v) is 1.81. The van der Waals surface area contributed by atoms with E-state index in [1.807, 2.05) is 0 Å². The molecule has 0 aromatic heterocycles. The normalized spacial score (nSPS) is 11.9. The first-order chi connectivity index (χ1) is 7.06. The first-order valence-corrected chi connectivity index (χ1v) is 4.06. The molecule has 80 valence electrons. The molecule has 15 heavy (non-hydrogen) atoms. The van der Waals surface area contributed by atoms with Crippen LogP contribution in [0, 0.1) is 10.1 Å². The molecule has 1 atom stereocenters. The van der Waals surface area contributed by atoms with E-state index >= 15 is 0 Å². The van der Waals surface area contributed by atoms with E-state index in [4.69, 9.17) is 9.84 Å². The van der Waals surface area contributed by atoms with Crippen LogP contribution in [0.3, 0.4) is 0 Å². The minimum absolute atomic E-state index is 0.0694. The molecule has 1 N–H and O–H groups in total. The van der Waals surface area contributed by atoms with Gasteiger partial charge in [0.25, 0.3) is 5.78 Å². The summed E-state index contributed by atoms with van der Waals surface area (Å²) in [5.41, 5.74) is 0.0694. The maximum atomic E-state index is 11.3. The Balaban J connectivity index is 2.87. The highest BCUT2D eigenvalue weighted by Gasteiger charge is 2.27. The van der Waals surface area contributed by atoms with Crippen molar-refractivity contribution < 1.29 is 19.6 Å². The summed E-state index contributed by atoms with van der Waals surface area (Å²) in [7, 11) is 1.46. The van der Waals surface area contributed by atoms with Gasteiger partial charge in [0.05, 0.1) is 12.0 Å². The number of Topliss-reactive ketones (excluding diaryl/α,β-unsaturated/α-hetero) is 1. The van der Waals surface area contributed by atoms with Gasteiger partial charge in [-0.3, -0.25) is 14.9 Å². The van der Waals surface area contributed by atoms with Gasteiger partial charge < -0.3 is 9.84 Å². The molecule has 1 aromatic rings. The monoisotopic (exact) mass is 211 g/mol. The molecule has 0 radical (unpaired) electrons. The fraction of sp³-hybridized carbons (Fsp3) is 0.222. The number of carbonyl (C=O) groups excluding carboxylic acids is 1. The summed E-state index contributed by atoms with van der Waals surface area (Å²) in [5, 5.41) is 19.0. The molecule has 6 heteroatoms. The lowest BCUT2D eigenvalue weighted by atomic mass is 10.1. The third-order valence-electron chi connectivity index (χ3n) is 1.81. The molecular weight excluding hydrogens is 202 g/mol. The SMILES string of the molecule is COc1ccc(C(=O)C(O)[N+](=O)[O-])cc1. The van der Waals surface area contributed by atoms with E-state index in [2.05, 4.69) is 0 Å². The molecule has 1 aromatic carbocycles. The summed E-state index contributed by atoms with van der Waals surface area (Å²) < 4.78 is 4.85. The average Bonchev–Trinajstić information content (AvgIpc) is 2.27. The second-order valence-electron chi connectivity index (χ2n) is 2.75. The van der Waals surface area contributed by atoms with Gasteiger partial charge in [0, 0.05) is 5.56 Å². The van der Waals surface area contributed by atoms with Crippen molar-refractivity contribution in [2.24, 2.45) is 0 Å². The summed E-state index contributed by atoms with van der Waals surface area (Å²) in [6.45, 7) is 0. The minimum atomic E-state index is -2.21. The molecule has 1 unspecified atom stereocenters. The number of nitro groups is 1. The van der Waals surface area contributed by atoms with Gasteiger partial charge in [0.1, 0.15) is 5.75 Å². The standard InChI is InChI=1S/C9H9NO5/c1-15-7-4-2-6(3-5-7)8(11)9(12)10(13)14/h2-5,9,12H,1H3. The summed E-state index contributed by atoms with van der Waals surface area (Å²) in [5.74, 6) is -0.412. The first kappa shape index (κ1) is 11.1. The number of methoxy groups -OCH3 is 1. The number of aliphatic hydroxyl groups is 1. The molecule has 1 rings (SSSR count). The number of hydrogen-bond acceptors (Lipinski definition) is 5. The Hall–Kier alpha value is -1.95. The van der Waals surface area contributed by atoms with Crippen molar-refractivity contribution in [1.82, 2.24) is 0 Å². The number of benzene rings is 1. The van der Waals surface area contributed by atoms with Crippen LogP contribution in [0.4, 0.5) is 0 Å². The zero-order valence-electron chi connectivity index (χ0n) is 7.91. The number of nitrogens with zero attached hydrogens (tertiary/aromatic N) is 1. The van der Waals surface area contributed by atoms with Crippen molar-refractivity contribution in [2.45, 2.75) is 6.23 Å². The highest BCUT2D eigenvalue weighted by Crippen LogP contribution is 2.12. The van der Waals surface area contributed by atoms with E-state index in [0.717, 1.165) is 0 Å². The Kier molecular flexibility index (Phi) is 3.35. The van der Waals surface area contributed by atoms with Crippen LogP contribution in [0.15, 0.2) is 24.3 Å². The predicted octanol–water partition coefficient (Wildman–Crippen LogP) is 0.473. The predicted molar refractivity (Wildman–Crippen MR) is 50.3 cm³/mol. The lowest BCUT2D eigenvalue weighted by Gasteiger charge is -2.03. The van der Waals surface area contributed by atoms with Gasteiger partial charge in [-0.2, -0.15) is 0 Å². The van der Waals surface area contributed by atoms with Gasteiger partial charge in [0.2, 0.25) is 0 Å². The molecule has 0 aliphatic rings. The lowest BCUT2D eigenvalue weighted by molar-refractivity contribution is -0.550. The highest BCUT2D eigenvalue weighted by molar-refractivity contribution is 5.98. The number of hydrogen-bond donors (Lipinski definition) is 1. The van der Waals surface area contributed by atoms with Gasteiger partial charge in [-0.05, 0) is 24.3 Å². The van der Waals surface area contributed by atoms with Crippen LogP contribution in [0.1, 0.15) is 10.4 Å². The highest BCUT2D eigenvalue weighted by atomic mass is 16.7. The second-order valence-corrected chi connectivity index (χ2v) is 2.75. The lowest BCUT2D eigenvalue weighted by Crippen LogP contribution is -2.28. The molecule has 0 saturated carbocycles. The zero-order valence-corrected chi connectivity index (χ0v) is 7.91. The third kappa shape index (κ3) is 2.50. The smallest absolute Gasteiger partial charge is 0.377 e. The van der Waals surface area contributed by atoms with E-state index in [0.29, 0.717) is 5.75 Å². The second kappa shape index (κ2) is 4.52. The molecule has 0 fully saturated rings. The van der Waals surface area contributed by atoms with Crippen LogP contribution in [0.5, 0.6) is 5.75 Å². The molecule has 0 spiro atoms. The average molecular weight is 211 g/mol. The topological polar surface area (TPSA) is 89.7 Å². The zero-order chi connectivity index (χ0) is 11.4. The first-order valence-electron chi connectivity index (χ1n) is 4.06. The van der Waals surface area contributed by atoms with Crippen LogP contribution < -0.4 is 4.74 Å². The van der Waals surface area contributed by atoms with Crippen molar-refractivity contribution in [3.8, 4) is 5.75 Å². The Bertz CT molecular complexity index is 373. The van der Waals surface area contributed by atoms with E-state index in [-0.39, 0.29) is 5.56 Å². The fourth-order valence-electron chi connectivity index (χ4n) is 1.00. The maximum absolute atomic E-state index is 11.3. The largest absolute Gasteiger partial charge is 0.497 e. The van der Waals surface area contributed by atoms with Gasteiger partial charge in [-0.15, -0.1) is 0 Å². The molecular formula is C9H9NO5. The fourth-order valence-corrected chi connectivity index (χ4v) is 1.00. The Labute approximate surface area is 85.2 Å². The maximum Gasteiger partial charge on any atom is 0.377 e. The van der Waals surface area contributed by atoms with Gasteiger partial charge >= 0.3 is 6.23 Å². The van der Waals surface area contributed by atoms with E-state index in [1.165, 1.54) is 31.4 Å². The van der Waals surface area contributed by atoms with E-state index < -0.39 is 16.9 Å². The number of ether oxygens (including phenoxy) is 1. The minimum Gasteiger partial charge on any atom is -0.497 e. The Morgan fingerprint density at radius 3 is 2.40 bits per heavy atom. The van der Waals surface area contributed by atoms with Crippen LogP contribution in [-0.4, -0.2) is 29.2 Å². The molecule has 6 nitrogen and oxygen atoms in total. The van der Waals surface area contributed by atoms with Crippen molar-refractivity contribution in [2.75, 3.05) is 7.11 Å². The number of carbonyl (C=O) groups is 1. The number of aliphatic hydroxyl groups excluding tert-OH is 1. The Morgan fingerprint density at radius 2 is 2.00 bits per heavy atom. The van der Waals surface area contributed by atoms with Crippen LogP contribution >= 0.6 is 0 Å². The van der Waals surface area contributed by atoms with Gasteiger partial charge in [0.15, 0.2) is 0 Å². The van der Waals surface area contributed by atoms with E-state index in [9.17, 15) is 14.9 Å². The summed E-state index contributed by atoms with van der Waals surface area (Å²) in [4.78, 5) is 20.4. The van der Waals surface area contributed by atoms with Crippen molar-refractivity contribution in [1.29, 1.82) is 0 Å². The van der Waals surface area contributed by atoms with Crippen LogP contribution in [-0.2, 0) is 0 Å². The summed E-state index contributed by atoms with van der Waals surface area (Å²) in [6.07, 6.45) is -2.21. The van der Waals surface area contributed by atoms with E-state index in [1.54, 1.807) is 0 Å². The van der Waals surface area contributed by atoms with Gasteiger partial charge in [-0.25, -0.2) is 0 Å². The molecule has 0 aliphatic heterocycles. The molecule has 0 saturated heterocycles. The summed E-state index contributed by atoms with van der Waals surface area (Å²) >= 11 is 0. The van der Waals surface area contributed by atoms with Crippen LogP contribution in [0.2, 0.25) is 0 Å². The molecule has 0 aliphatic carbocycles. The van der Waals surface area contributed by atoms with Crippen molar-refractivity contribution >= 4 is 5.78 Å².